The van der Waals surface area contributed by atoms with Crippen molar-refractivity contribution in [2.24, 2.45) is 10.7 Å². The molecule has 3 aromatic rings. The molecule has 0 saturated carbocycles. The number of nitrogens with two attached hydrogens (primary N) is 2. The Bertz CT molecular complexity index is 2740. The lowest BCUT2D eigenvalue weighted by molar-refractivity contribution is -0.604. The second-order valence-electron chi connectivity index (χ2n) is 19.4. The summed E-state index contributed by atoms with van der Waals surface area (Å²) in [6, 6.07) is 12.3. The quantitative estimate of drug-likeness (QED) is 0.0102. The van der Waals surface area contributed by atoms with Crippen LogP contribution >= 0.6 is 11.3 Å². The van der Waals surface area contributed by atoms with Crippen LogP contribution in [-0.4, -0.2) is 97.6 Å². The highest BCUT2D eigenvalue weighted by Crippen LogP contribution is 2.47. The second kappa shape index (κ2) is 26.5. The predicted octanol–water partition coefficient (Wildman–Crippen LogP) is 7.71. The molecule has 2 aliphatic rings. The van der Waals surface area contributed by atoms with Gasteiger partial charge in [-0.25, -0.2) is 22.8 Å². The highest BCUT2D eigenvalue weighted by Gasteiger charge is 2.44. The first-order valence-electron chi connectivity index (χ1n) is 25.1. The number of hydrogen-bond donors (Lipinski definition) is 6. The summed E-state index contributed by atoms with van der Waals surface area (Å²) in [5.74, 6) is -0.168. The van der Waals surface area contributed by atoms with Crippen molar-refractivity contribution in [2.75, 3.05) is 49.1 Å². The lowest BCUT2D eigenvalue weighted by Gasteiger charge is -2.27. The first kappa shape index (κ1) is 57.5. The minimum absolute atomic E-state index is 0.0315. The number of benzene rings is 2. The molecule has 3 amide bonds. The average Bonchev–Trinajstić information content (AvgIpc) is 3.83. The molecule has 0 fully saturated rings. The Morgan fingerprint density at radius 1 is 0.875 bits per heavy atom. The highest BCUT2D eigenvalue weighted by molar-refractivity contribution is 7.86. The van der Waals surface area contributed by atoms with Gasteiger partial charge in [0.15, 0.2) is 16.6 Å². The van der Waals surface area contributed by atoms with E-state index in [9.17, 15) is 35.5 Å². The standard InChI is InChI=1S/C52H75N9O8S3/c1-38-45(70-49(54)58-38)26-22-33-56-48(53)59-50(63)57-32-18-9-7-6-8-17-31-55-47(62)28-14-11-19-35-61-43(40-37-39(72(67,68)69)29-30-41(40)52(61,4)5)24-12-10-13-27-46-51(2,3)42-23-15-16-25-44(42)60(46)34-20-21-36-71(64,65)66/h10,12-13,15-16,23-25,27,29-30,37H,6-9,11,14,17-22,26,28,31-36H2,1-5H3,(H8-,53,54,55,56,57,58,59,62,63,64,65,66,67,68,69). The maximum absolute atomic E-state index is 12.7. The van der Waals surface area contributed by atoms with Gasteiger partial charge in [0, 0.05) is 86.2 Å². The van der Waals surface area contributed by atoms with Gasteiger partial charge in [0.05, 0.1) is 21.9 Å². The van der Waals surface area contributed by atoms with Crippen molar-refractivity contribution < 1.29 is 40.1 Å². The molecule has 1 aromatic heterocycles. The molecule has 3 heterocycles. The maximum atomic E-state index is 12.7. The number of carbonyl (C=O) groups is 2. The monoisotopic (exact) mass is 1050 g/mol. The van der Waals surface area contributed by atoms with Crippen molar-refractivity contribution in [3.63, 3.8) is 0 Å². The molecule has 0 atom stereocenters. The Morgan fingerprint density at radius 2 is 1.57 bits per heavy atom. The molecule has 20 heteroatoms. The summed E-state index contributed by atoms with van der Waals surface area (Å²) in [6.07, 6.45) is 20.8. The summed E-state index contributed by atoms with van der Waals surface area (Å²) in [5.41, 5.74) is 17.4. The van der Waals surface area contributed by atoms with Crippen molar-refractivity contribution in [1.82, 2.24) is 20.9 Å². The van der Waals surface area contributed by atoms with Gasteiger partial charge in [0.1, 0.15) is 16.7 Å². The Labute approximate surface area is 430 Å². The third-order valence-corrected chi connectivity index (χ3v) is 15.9. The van der Waals surface area contributed by atoms with Crippen molar-refractivity contribution in [2.45, 2.75) is 140 Å². The normalized spacial score (nSPS) is 16.0. The third kappa shape index (κ3) is 16.8. The number of unbranched alkanes of at least 4 members (excludes halogenated alkanes) is 8. The fourth-order valence-corrected chi connectivity index (χ4v) is 11.4. The number of aryl methyl sites for hydroxylation is 2. The van der Waals surface area contributed by atoms with Gasteiger partial charge >= 0.3 is 6.03 Å². The number of hydrogen-bond acceptors (Lipinski definition) is 12. The van der Waals surface area contributed by atoms with Crippen LogP contribution in [0.5, 0.6) is 0 Å². The molecule has 0 aliphatic carbocycles. The van der Waals surface area contributed by atoms with E-state index in [4.69, 9.17) is 11.5 Å². The minimum Gasteiger partial charge on any atom is -0.744 e. The van der Waals surface area contributed by atoms with E-state index in [1.165, 1.54) is 23.5 Å². The molecular formula is C52H75N9O8S3. The van der Waals surface area contributed by atoms with Crippen LogP contribution in [0.3, 0.4) is 0 Å². The first-order valence-corrected chi connectivity index (χ1v) is 28.9. The number of fused-ring (bicyclic) bond motifs is 2. The second-order valence-corrected chi connectivity index (χ2v) is 23.5. The smallest absolute Gasteiger partial charge is 0.321 e. The number of amides is 3. The van der Waals surface area contributed by atoms with E-state index in [0.717, 1.165) is 109 Å². The zero-order valence-electron chi connectivity index (χ0n) is 42.5. The summed E-state index contributed by atoms with van der Waals surface area (Å²) in [7, 11) is -8.73. The zero-order valence-corrected chi connectivity index (χ0v) is 45.0. The molecular weight excluding hydrogens is 975 g/mol. The predicted molar refractivity (Wildman–Crippen MR) is 287 cm³/mol. The van der Waals surface area contributed by atoms with Gasteiger partial charge in [0.25, 0.3) is 10.1 Å². The summed E-state index contributed by atoms with van der Waals surface area (Å²) >= 11 is 1.48. The zero-order chi connectivity index (χ0) is 52.5. The summed E-state index contributed by atoms with van der Waals surface area (Å²) in [6.45, 7) is 13.3. The van der Waals surface area contributed by atoms with Gasteiger partial charge in [-0.3, -0.25) is 19.7 Å². The van der Waals surface area contributed by atoms with Crippen molar-refractivity contribution in [3.05, 3.63) is 106 Å². The van der Waals surface area contributed by atoms with Crippen LogP contribution in [0.15, 0.2) is 88.4 Å². The number of para-hydroxylation sites is 1. The third-order valence-electron chi connectivity index (χ3n) is 13.2. The van der Waals surface area contributed by atoms with Gasteiger partial charge in [-0.15, -0.1) is 11.3 Å². The number of rotatable bonds is 28. The number of carbonyl (C=O) groups excluding carboxylic acids is 2. The van der Waals surface area contributed by atoms with Gasteiger partial charge < -0.3 is 31.6 Å². The number of allylic oxidation sites excluding steroid dienone is 6. The van der Waals surface area contributed by atoms with Gasteiger partial charge in [-0.05, 0) is 88.1 Å². The number of nitrogen functional groups attached to an aromatic ring is 1. The summed E-state index contributed by atoms with van der Waals surface area (Å²) in [4.78, 5) is 36.3. The molecule has 2 aliphatic heterocycles. The molecule has 0 bridgehead atoms. The number of nitrogens with one attached hydrogen (secondary N) is 3. The molecule has 0 spiro atoms. The Kier molecular flexibility index (Phi) is 21.2. The number of anilines is 2. The molecule has 0 radical (unpaired) electrons. The Morgan fingerprint density at radius 3 is 2.26 bits per heavy atom. The summed E-state index contributed by atoms with van der Waals surface area (Å²) < 4.78 is 70.6. The lowest BCUT2D eigenvalue weighted by Crippen LogP contribution is -2.43. The number of thiazole rings is 1. The van der Waals surface area contributed by atoms with Crippen LogP contribution in [0, 0.1) is 6.92 Å². The van der Waals surface area contributed by atoms with E-state index in [0.29, 0.717) is 62.7 Å². The minimum atomic E-state index is -4.69. The van der Waals surface area contributed by atoms with Crippen LogP contribution in [0.1, 0.15) is 138 Å². The number of guanidine groups is 1. The number of nitrogens with zero attached hydrogens (tertiary/aromatic N) is 4. The Balaban J connectivity index is 1.04. The molecule has 0 unspecified atom stereocenters. The van der Waals surface area contributed by atoms with Gasteiger partial charge in [-0.1, -0.05) is 82.0 Å². The summed E-state index contributed by atoms with van der Waals surface area (Å²) in [5, 5.41) is 8.99. The van der Waals surface area contributed by atoms with Crippen molar-refractivity contribution >= 4 is 66.0 Å². The van der Waals surface area contributed by atoms with Gasteiger partial charge in [-0.2, -0.15) is 8.42 Å². The average molecular weight is 1050 g/mol. The molecule has 394 valence electrons. The van der Waals surface area contributed by atoms with Crippen LogP contribution in [0.4, 0.5) is 15.6 Å². The number of aromatic nitrogens is 1. The van der Waals surface area contributed by atoms with Crippen molar-refractivity contribution in [3.8, 4) is 0 Å². The first-order chi connectivity index (χ1) is 34.1. The lowest BCUT2D eigenvalue weighted by atomic mass is 9.84. The largest absolute Gasteiger partial charge is 0.744 e. The van der Waals surface area contributed by atoms with Crippen LogP contribution < -0.4 is 32.3 Å². The van der Waals surface area contributed by atoms with E-state index < -0.39 is 25.8 Å². The topological polar surface area (TPSA) is 265 Å². The molecule has 0 saturated heterocycles. The fourth-order valence-electron chi connectivity index (χ4n) is 9.42. The molecule has 5 rings (SSSR count). The Hall–Kier alpha value is -5.41. The van der Waals surface area contributed by atoms with Crippen LogP contribution in [-0.2, 0) is 42.4 Å². The number of aliphatic imine (C=N–C) groups is 1. The van der Waals surface area contributed by atoms with E-state index in [-0.39, 0.29) is 34.0 Å². The van der Waals surface area contributed by atoms with E-state index >= 15 is 0 Å². The van der Waals surface area contributed by atoms with Gasteiger partial charge in [0.2, 0.25) is 11.6 Å². The highest BCUT2D eigenvalue weighted by atomic mass is 32.2. The van der Waals surface area contributed by atoms with Crippen LogP contribution in [0.2, 0.25) is 0 Å². The number of urea groups is 1. The van der Waals surface area contributed by atoms with E-state index in [1.807, 2.05) is 43.4 Å². The molecule has 2 aromatic carbocycles. The maximum Gasteiger partial charge on any atom is 0.321 e. The van der Waals surface area contributed by atoms with E-state index in [2.05, 4.69) is 81.3 Å². The van der Waals surface area contributed by atoms with Crippen LogP contribution in [0.25, 0.3) is 0 Å². The molecule has 72 heavy (non-hydrogen) atoms. The fraction of sp³-hybridized carbons (Fsp3) is 0.519. The molecule has 17 nitrogen and oxygen atoms in total. The molecule has 8 N–H and O–H groups in total. The SMILES string of the molecule is Cc1nc(N)sc1CCCN=C(N)NC(=O)NCCCCCCCCNC(=O)CCCCC[N+]1=C(C=CC=CC=C2N(CCCCS(=O)(=O)O)c3ccccc3C2(C)C)c2cc(S(=O)(=O)[O-])ccc2C1(C)C. The van der Waals surface area contributed by atoms with E-state index in [1.54, 1.807) is 6.07 Å². The van der Waals surface area contributed by atoms with Crippen molar-refractivity contribution in [1.29, 1.82) is 0 Å².